The second-order valence-electron chi connectivity index (χ2n) is 5.85. The van der Waals surface area contributed by atoms with Crippen LogP contribution >= 0.6 is 11.3 Å². The predicted octanol–water partition coefficient (Wildman–Crippen LogP) is 4.09. The van der Waals surface area contributed by atoms with E-state index in [1.54, 1.807) is 0 Å². The number of rotatable bonds is 2. The van der Waals surface area contributed by atoms with Gasteiger partial charge in [0.15, 0.2) is 5.58 Å². The molecule has 0 atom stereocenters. The number of aromatic nitrogens is 4. The molecule has 0 radical (unpaired) electrons. The highest BCUT2D eigenvalue weighted by Gasteiger charge is 2.13. The number of nitrogens with zero attached hydrogens (tertiary/aromatic N) is 4. The summed E-state index contributed by atoms with van der Waals surface area (Å²) < 4.78 is 7.88. The van der Waals surface area contributed by atoms with Gasteiger partial charge in [0.1, 0.15) is 5.52 Å². The Kier molecular flexibility index (Phi) is 2.92. The molecule has 0 amide bonds. The first-order chi connectivity index (χ1) is 12.2. The molecular weight excluding hydrogens is 334 g/mol. The van der Waals surface area contributed by atoms with Crippen molar-refractivity contribution < 1.29 is 4.42 Å². The zero-order valence-electron chi connectivity index (χ0n) is 13.3. The molecule has 0 saturated carbocycles. The molecule has 0 aliphatic carbocycles. The molecule has 5 rings (SSSR count). The second-order valence-corrected chi connectivity index (χ2v) is 6.86. The molecule has 6 nitrogen and oxygen atoms in total. The van der Waals surface area contributed by atoms with Crippen LogP contribution in [0.2, 0.25) is 0 Å². The second kappa shape index (κ2) is 5.15. The Morgan fingerprint density at radius 3 is 2.72 bits per heavy atom. The summed E-state index contributed by atoms with van der Waals surface area (Å²) in [4.78, 5) is 4.53. The van der Waals surface area contributed by atoms with Gasteiger partial charge in [0, 0.05) is 24.1 Å². The number of anilines is 1. The summed E-state index contributed by atoms with van der Waals surface area (Å²) in [6.07, 6.45) is 2.06. The minimum atomic E-state index is 0.397. The van der Waals surface area contributed by atoms with Crippen molar-refractivity contribution in [2.45, 2.75) is 0 Å². The summed E-state index contributed by atoms with van der Waals surface area (Å²) in [7, 11) is 2.05. The zero-order valence-corrected chi connectivity index (χ0v) is 14.1. The molecule has 2 aromatic carbocycles. The fourth-order valence-electron chi connectivity index (χ4n) is 2.98. The van der Waals surface area contributed by atoms with Gasteiger partial charge in [0.2, 0.25) is 10.1 Å². The van der Waals surface area contributed by atoms with Crippen molar-refractivity contribution in [2.24, 2.45) is 7.05 Å². The highest BCUT2D eigenvalue weighted by molar-refractivity contribution is 7.18. The van der Waals surface area contributed by atoms with Crippen molar-refractivity contribution in [1.82, 2.24) is 19.7 Å². The van der Waals surface area contributed by atoms with Crippen molar-refractivity contribution in [3.05, 3.63) is 48.7 Å². The van der Waals surface area contributed by atoms with E-state index in [2.05, 4.69) is 50.2 Å². The lowest BCUT2D eigenvalue weighted by atomic mass is 10.0. The maximum atomic E-state index is 5.77. The molecule has 3 aromatic heterocycles. The molecule has 0 bridgehead atoms. The number of hydrogen-bond acceptors (Lipinski definition) is 6. The summed E-state index contributed by atoms with van der Waals surface area (Å²) in [5.41, 5.74) is 10.6. The summed E-state index contributed by atoms with van der Waals surface area (Å²) in [5, 5.41) is 9.98. The Balaban J connectivity index is 1.61. The molecule has 0 aliphatic heterocycles. The number of aryl methyl sites for hydroxylation is 1. The number of hydrogen-bond donors (Lipinski definition) is 1. The SMILES string of the molecule is Cn1ccc2cc(-c3ccc4oc(-c5nnc(N)s5)nc4c3)ccc21. The van der Waals surface area contributed by atoms with Gasteiger partial charge in [-0.15, -0.1) is 10.2 Å². The quantitative estimate of drug-likeness (QED) is 0.520. The molecule has 5 aromatic rings. The van der Waals surface area contributed by atoms with E-state index < -0.39 is 0 Å². The molecule has 3 heterocycles. The maximum Gasteiger partial charge on any atom is 0.259 e. The third-order valence-electron chi connectivity index (χ3n) is 4.23. The molecule has 0 aliphatic rings. The predicted molar refractivity (Wildman–Crippen MR) is 99.2 cm³/mol. The summed E-state index contributed by atoms with van der Waals surface area (Å²) in [6.45, 7) is 0. The number of oxazole rings is 1. The van der Waals surface area contributed by atoms with Crippen LogP contribution in [0.15, 0.2) is 53.1 Å². The Morgan fingerprint density at radius 1 is 1.04 bits per heavy atom. The van der Waals surface area contributed by atoms with Crippen LogP contribution in [-0.2, 0) is 7.05 Å². The first-order valence-electron chi connectivity index (χ1n) is 7.73. The molecular formula is C18H13N5OS. The third-order valence-corrected chi connectivity index (χ3v) is 4.97. The van der Waals surface area contributed by atoms with Crippen LogP contribution in [0.4, 0.5) is 5.13 Å². The number of nitrogen functional groups attached to an aromatic ring is 1. The lowest BCUT2D eigenvalue weighted by Gasteiger charge is -2.03. The fourth-order valence-corrected chi connectivity index (χ4v) is 3.52. The van der Waals surface area contributed by atoms with Crippen molar-refractivity contribution in [3.8, 4) is 22.0 Å². The van der Waals surface area contributed by atoms with Crippen molar-refractivity contribution in [2.75, 3.05) is 5.73 Å². The van der Waals surface area contributed by atoms with E-state index in [4.69, 9.17) is 10.2 Å². The van der Waals surface area contributed by atoms with Gasteiger partial charge in [-0.2, -0.15) is 0 Å². The largest absolute Gasteiger partial charge is 0.434 e. The highest BCUT2D eigenvalue weighted by Crippen LogP contribution is 2.31. The molecule has 0 unspecified atom stereocenters. The number of fused-ring (bicyclic) bond motifs is 2. The van der Waals surface area contributed by atoms with Crippen LogP contribution in [-0.4, -0.2) is 19.7 Å². The van der Waals surface area contributed by atoms with E-state index in [0.29, 0.717) is 21.6 Å². The van der Waals surface area contributed by atoms with Gasteiger partial charge >= 0.3 is 0 Å². The first kappa shape index (κ1) is 14.2. The van der Waals surface area contributed by atoms with Gasteiger partial charge in [-0.1, -0.05) is 23.5 Å². The van der Waals surface area contributed by atoms with Crippen LogP contribution in [0.3, 0.4) is 0 Å². The standard InChI is InChI=1S/C18H13N5OS/c1-23-7-6-12-8-10(2-4-14(12)23)11-3-5-15-13(9-11)20-16(24-15)17-21-22-18(19)25-17/h2-9H,1H3,(H2,19,22). The van der Waals surface area contributed by atoms with E-state index >= 15 is 0 Å². The molecule has 0 fully saturated rings. The Bertz CT molecular complexity index is 1230. The lowest BCUT2D eigenvalue weighted by Crippen LogP contribution is -1.84. The van der Waals surface area contributed by atoms with Gasteiger partial charge in [0.05, 0.1) is 0 Å². The summed E-state index contributed by atoms with van der Waals surface area (Å²) in [5.74, 6) is 0.444. The maximum absolute atomic E-state index is 5.77. The van der Waals surface area contributed by atoms with E-state index in [1.807, 2.05) is 25.2 Å². The van der Waals surface area contributed by atoms with Crippen LogP contribution in [0.1, 0.15) is 0 Å². The monoisotopic (exact) mass is 347 g/mol. The van der Waals surface area contributed by atoms with Gasteiger partial charge in [-0.3, -0.25) is 0 Å². The topological polar surface area (TPSA) is 82.8 Å². The van der Waals surface area contributed by atoms with Crippen molar-refractivity contribution >= 4 is 38.5 Å². The van der Waals surface area contributed by atoms with E-state index in [0.717, 1.165) is 16.6 Å². The smallest absolute Gasteiger partial charge is 0.259 e. The lowest BCUT2D eigenvalue weighted by molar-refractivity contribution is 0.618. The molecule has 0 saturated heterocycles. The van der Waals surface area contributed by atoms with Gasteiger partial charge in [-0.05, 0) is 41.5 Å². The van der Waals surface area contributed by atoms with Gasteiger partial charge in [0.25, 0.3) is 5.89 Å². The van der Waals surface area contributed by atoms with Gasteiger partial charge in [-0.25, -0.2) is 4.98 Å². The summed E-state index contributed by atoms with van der Waals surface area (Å²) in [6, 6.07) is 14.5. The third kappa shape index (κ3) is 2.28. The Hall–Kier alpha value is -3.19. The fraction of sp³-hybridized carbons (Fsp3) is 0.0556. The van der Waals surface area contributed by atoms with Gasteiger partial charge < -0.3 is 14.7 Å². The van der Waals surface area contributed by atoms with E-state index in [9.17, 15) is 0 Å². The zero-order chi connectivity index (χ0) is 17.0. The average Bonchev–Trinajstić information content (AvgIpc) is 3.32. The molecule has 122 valence electrons. The number of benzene rings is 2. The molecule has 2 N–H and O–H groups in total. The molecule has 7 heteroatoms. The van der Waals surface area contributed by atoms with Crippen LogP contribution in [0, 0.1) is 0 Å². The summed E-state index contributed by atoms with van der Waals surface area (Å²) >= 11 is 1.26. The normalized spacial score (nSPS) is 11.6. The minimum absolute atomic E-state index is 0.397. The molecule has 25 heavy (non-hydrogen) atoms. The number of nitrogens with two attached hydrogens (primary N) is 1. The first-order valence-corrected chi connectivity index (χ1v) is 8.54. The van der Waals surface area contributed by atoms with Crippen molar-refractivity contribution in [1.29, 1.82) is 0 Å². The van der Waals surface area contributed by atoms with Crippen LogP contribution in [0.25, 0.3) is 44.0 Å². The molecule has 0 spiro atoms. The van der Waals surface area contributed by atoms with Crippen LogP contribution < -0.4 is 5.73 Å². The average molecular weight is 347 g/mol. The minimum Gasteiger partial charge on any atom is -0.434 e. The van der Waals surface area contributed by atoms with Crippen LogP contribution in [0.5, 0.6) is 0 Å². The Morgan fingerprint density at radius 2 is 1.88 bits per heavy atom. The Labute approximate surface area is 146 Å². The van der Waals surface area contributed by atoms with E-state index in [-0.39, 0.29) is 0 Å². The van der Waals surface area contributed by atoms with Crippen molar-refractivity contribution in [3.63, 3.8) is 0 Å². The highest BCUT2D eigenvalue weighted by atomic mass is 32.1. The van der Waals surface area contributed by atoms with E-state index in [1.165, 1.54) is 22.2 Å².